The Morgan fingerprint density at radius 2 is 1.59 bits per heavy atom. The number of rotatable bonds is 9. The van der Waals surface area contributed by atoms with Crippen LogP contribution in [0.2, 0.25) is 0 Å². The average Bonchev–Trinajstić information content (AvgIpc) is 3.05. The number of ether oxygens (including phenoxy) is 1. The largest absolute Gasteiger partial charge is 0.480 e. The van der Waals surface area contributed by atoms with Crippen molar-refractivity contribution in [2.45, 2.75) is 57.5 Å². The van der Waals surface area contributed by atoms with Crippen molar-refractivity contribution >= 4 is 18.0 Å². The highest BCUT2D eigenvalue weighted by molar-refractivity contribution is 5.84. The zero-order chi connectivity index (χ0) is 23.3. The Balaban J connectivity index is 1.57. The van der Waals surface area contributed by atoms with Crippen LogP contribution >= 0.6 is 0 Å². The third kappa shape index (κ3) is 5.46. The molecule has 3 N–H and O–H groups in total. The summed E-state index contributed by atoms with van der Waals surface area (Å²) in [4.78, 5) is 36.0. The molecule has 3 rings (SSSR count). The molecular formula is C25H30N2O5. The van der Waals surface area contributed by atoms with E-state index in [4.69, 9.17) is 4.74 Å². The van der Waals surface area contributed by atoms with Crippen LogP contribution in [-0.2, 0) is 14.3 Å². The van der Waals surface area contributed by atoms with Crippen molar-refractivity contribution in [3.05, 3.63) is 59.7 Å². The molecule has 0 aromatic heterocycles. The monoisotopic (exact) mass is 438 g/mol. The fraction of sp³-hybridized carbons (Fsp3) is 0.400. The molecule has 2 aromatic carbocycles. The Bertz CT molecular complexity index is 956. The number of aliphatic carboxylic acids is 1. The van der Waals surface area contributed by atoms with Crippen molar-refractivity contribution in [1.82, 2.24) is 10.6 Å². The zero-order valence-electron chi connectivity index (χ0n) is 18.7. The normalized spacial score (nSPS) is 13.6. The molecule has 0 bridgehead atoms. The van der Waals surface area contributed by atoms with Gasteiger partial charge in [-0.15, -0.1) is 0 Å². The van der Waals surface area contributed by atoms with Crippen molar-refractivity contribution in [1.29, 1.82) is 0 Å². The molecule has 0 radical (unpaired) electrons. The summed E-state index contributed by atoms with van der Waals surface area (Å²) in [6.07, 6.45) is 0.304. The predicted octanol–water partition coefficient (Wildman–Crippen LogP) is 4.06. The number of carbonyl (C=O) groups excluding carboxylic acids is 2. The summed E-state index contributed by atoms with van der Waals surface area (Å²) >= 11 is 0. The topological polar surface area (TPSA) is 105 Å². The molecule has 2 amide bonds. The van der Waals surface area contributed by atoms with Crippen LogP contribution in [0.1, 0.15) is 57.1 Å². The molecule has 0 heterocycles. The lowest BCUT2D eigenvalue weighted by atomic mass is 9.98. The number of hydrogen-bond donors (Lipinski definition) is 3. The highest BCUT2D eigenvalue weighted by atomic mass is 16.5. The Hall–Kier alpha value is -3.35. The first-order valence-electron chi connectivity index (χ1n) is 10.9. The van der Waals surface area contributed by atoms with Crippen LogP contribution in [-0.4, -0.2) is 41.3 Å². The molecule has 32 heavy (non-hydrogen) atoms. The summed E-state index contributed by atoms with van der Waals surface area (Å²) in [7, 11) is 0. The quantitative estimate of drug-likeness (QED) is 0.548. The van der Waals surface area contributed by atoms with E-state index >= 15 is 0 Å². The van der Waals surface area contributed by atoms with Gasteiger partial charge in [-0.05, 0) is 42.5 Å². The van der Waals surface area contributed by atoms with Gasteiger partial charge < -0.3 is 20.5 Å². The fourth-order valence-corrected chi connectivity index (χ4v) is 4.15. The minimum Gasteiger partial charge on any atom is -0.480 e. The zero-order valence-corrected chi connectivity index (χ0v) is 18.7. The van der Waals surface area contributed by atoms with E-state index in [0.717, 1.165) is 22.3 Å². The first-order valence-corrected chi connectivity index (χ1v) is 10.9. The maximum absolute atomic E-state index is 12.5. The number of benzene rings is 2. The van der Waals surface area contributed by atoms with E-state index in [1.54, 1.807) is 13.8 Å². The first kappa shape index (κ1) is 23.3. The smallest absolute Gasteiger partial charge is 0.407 e. The Labute approximate surface area is 188 Å². The number of carboxylic acids is 1. The molecule has 0 saturated carbocycles. The lowest BCUT2D eigenvalue weighted by Crippen LogP contribution is -2.49. The van der Waals surface area contributed by atoms with Crippen molar-refractivity contribution in [2.75, 3.05) is 6.61 Å². The molecule has 0 fully saturated rings. The molecule has 0 saturated heterocycles. The maximum atomic E-state index is 12.5. The minimum atomic E-state index is -1.07. The van der Waals surface area contributed by atoms with Gasteiger partial charge in [-0.2, -0.15) is 0 Å². The molecule has 0 spiro atoms. The Kier molecular flexibility index (Phi) is 7.18. The van der Waals surface area contributed by atoms with E-state index in [1.165, 1.54) is 0 Å². The number of fused-ring (bicyclic) bond motifs is 3. The van der Waals surface area contributed by atoms with Crippen LogP contribution < -0.4 is 10.6 Å². The number of hydrogen-bond acceptors (Lipinski definition) is 4. The Morgan fingerprint density at radius 3 is 2.12 bits per heavy atom. The van der Waals surface area contributed by atoms with Gasteiger partial charge in [0.1, 0.15) is 12.6 Å². The third-order valence-electron chi connectivity index (χ3n) is 5.60. The van der Waals surface area contributed by atoms with E-state index in [1.807, 2.05) is 43.3 Å². The summed E-state index contributed by atoms with van der Waals surface area (Å²) in [5, 5.41) is 14.4. The van der Waals surface area contributed by atoms with Gasteiger partial charge in [0.25, 0.3) is 0 Å². The summed E-state index contributed by atoms with van der Waals surface area (Å²) in [6.45, 7) is 5.43. The molecule has 0 unspecified atom stereocenters. The van der Waals surface area contributed by atoms with Gasteiger partial charge in [0, 0.05) is 17.9 Å². The fourth-order valence-electron chi connectivity index (χ4n) is 4.15. The highest BCUT2D eigenvalue weighted by Crippen LogP contribution is 2.44. The van der Waals surface area contributed by atoms with E-state index < -0.39 is 29.6 Å². The van der Waals surface area contributed by atoms with Gasteiger partial charge in [-0.25, -0.2) is 9.59 Å². The van der Waals surface area contributed by atoms with Gasteiger partial charge in [-0.1, -0.05) is 61.9 Å². The summed E-state index contributed by atoms with van der Waals surface area (Å²) in [5.41, 5.74) is 3.64. The maximum Gasteiger partial charge on any atom is 0.407 e. The van der Waals surface area contributed by atoms with E-state index in [9.17, 15) is 19.5 Å². The molecule has 2 aromatic rings. The van der Waals surface area contributed by atoms with Crippen LogP contribution in [0.15, 0.2) is 48.5 Å². The summed E-state index contributed by atoms with van der Waals surface area (Å²) < 4.78 is 5.54. The molecule has 7 nitrogen and oxygen atoms in total. The van der Waals surface area contributed by atoms with E-state index in [0.29, 0.717) is 12.8 Å². The van der Waals surface area contributed by atoms with E-state index in [2.05, 4.69) is 22.8 Å². The summed E-state index contributed by atoms with van der Waals surface area (Å²) in [6, 6.07) is 15.2. The van der Waals surface area contributed by atoms with Crippen LogP contribution in [0.5, 0.6) is 0 Å². The minimum absolute atomic E-state index is 0.0510. The van der Waals surface area contributed by atoms with Gasteiger partial charge in [0.15, 0.2) is 0 Å². The van der Waals surface area contributed by atoms with Crippen molar-refractivity contribution in [3.8, 4) is 11.1 Å². The lowest BCUT2D eigenvalue weighted by molar-refractivity contribution is -0.142. The number of alkyl carbamates (subject to hydrolysis) is 1. The van der Waals surface area contributed by atoms with E-state index in [-0.39, 0.29) is 18.9 Å². The van der Waals surface area contributed by atoms with Crippen LogP contribution in [0.4, 0.5) is 4.79 Å². The lowest BCUT2D eigenvalue weighted by Gasteiger charge is -2.26. The highest BCUT2D eigenvalue weighted by Gasteiger charge is 2.31. The van der Waals surface area contributed by atoms with Gasteiger partial charge in [0.05, 0.1) is 0 Å². The molecule has 7 heteroatoms. The second-order valence-electron chi connectivity index (χ2n) is 8.76. The number of carboxylic acid groups (broad SMARTS) is 1. The summed E-state index contributed by atoms with van der Waals surface area (Å²) in [5.74, 6) is -1.55. The molecule has 1 atom stereocenters. The SMILES string of the molecule is CCC[C@@H](NC(=O)CC(C)(C)NC(=O)OCC1c2ccccc2-c2ccccc21)C(=O)O. The van der Waals surface area contributed by atoms with Crippen LogP contribution in [0, 0.1) is 0 Å². The number of amides is 2. The van der Waals surface area contributed by atoms with Crippen molar-refractivity contribution in [3.63, 3.8) is 0 Å². The standard InChI is InChI=1S/C25H30N2O5/c1-4-9-21(23(29)30)26-22(28)14-25(2,3)27-24(31)32-15-20-18-12-7-5-10-16(18)17-11-6-8-13-19(17)20/h5-8,10-13,20-21H,4,9,14-15H2,1-3H3,(H,26,28)(H,27,31)(H,29,30)/t21-/m1/s1. The number of nitrogens with one attached hydrogen (secondary N) is 2. The third-order valence-corrected chi connectivity index (χ3v) is 5.60. The molecular weight excluding hydrogens is 408 g/mol. The predicted molar refractivity (Wildman–Crippen MR) is 121 cm³/mol. The van der Waals surface area contributed by atoms with Crippen molar-refractivity contribution in [2.24, 2.45) is 0 Å². The molecule has 1 aliphatic carbocycles. The van der Waals surface area contributed by atoms with Crippen molar-refractivity contribution < 1.29 is 24.2 Å². The first-order chi connectivity index (χ1) is 15.2. The van der Waals surface area contributed by atoms with Gasteiger partial charge in [0.2, 0.25) is 5.91 Å². The van der Waals surface area contributed by atoms with Crippen LogP contribution in [0.3, 0.4) is 0 Å². The van der Waals surface area contributed by atoms with Gasteiger partial charge >= 0.3 is 12.1 Å². The second-order valence-corrected chi connectivity index (χ2v) is 8.76. The molecule has 0 aliphatic heterocycles. The molecule has 170 valence electrons. The second kappa shape index (κ2) is 9.85. The number of carbonyl (C=O) groups is 3. The molecule has 1 aliphatic rings. The average molecular weight is 439 g/mol. The van der Waals surface area contributed by atoms with Crippen LogP contribution in [0.25, 0.3) is 11.1 Å². The Morgan fingerprint density at radius 1 is 1.03 bits per heavy atom. The van der Waals surface area contributed by atoms with Gasteiger partial charge in [-0.3, -0.25) is 4.79 Å².